The number of hydrogen-bond donors (Lipinski definition) is 0. The molecule has 0 radical (unpaired) electrons. The van der Waals surface area contributed by atoms with Crippen LogP contribution >= 0.6 is 11.6 Å². The van der Waals surface area contributed by atoms with E-state index in [9.17, 15) is 26.4 Å². The van der Waals surface area contributed by atoms with E-state index in [1.54, 1.807) is 6.07 Å². The van der Waals surface area contributed by atoms with Gasteiger partial charge in [-0.15, -0.1) is 0 Å². The van der Waals surface area contributed by atoms with Crippen LogP contribution in [0.2, 0.25) is 5.02 Å². The van der Waals surface area contributed by atoms with Gasteiger partial charge < -0.3 is 9.64 Å². The molecule has 2 aromatic carbocycles. The van der Waals surface area contributed by atoms with Crippen LogP contribution < -0.4 is 9.64 Å². The summed E-state index contributed by atoms with van der Waals surface area (Å²) < 4.78 is 67.8. The van der Waals surface area contributed by atoms with Crippen molar-refractivity contribution in [1.82, 2.24) is 0 Å². The third kappa shape index (κ3) is 4.41. The molecule has 0 saturated heterocycles. The molecule has 0 unspecified atom stereocenters. The minimum absolute atomic E-state index is 0.195. The normalized spacial score (nSPS) is 15.1. The van der Waals surface area contributed by atoms with Crippen molar-refractivity contribution in [3.05, 3.63) is 52.0 Å². The number of rotatable bonds is 4. The maximum absolute atomic E-state index is 13.3. The number of ether oxygens (including phenoxy) is 1. The average molecular weight is 462 g/mol. The molecular formula is C20H19ClF3NO4S. The Labute approximate surface area is 177 Å². The molecule has 1 aliphatic rings. The number of fused-ring (bicyclic) bond motifs is 1. The maximum Gasteiger partial charge on any atom is 0.425 e. The molecule has 0 N–H and O–H groups in total. The Balaban J connectivity index is 2.07. The van der Waals surface area contributed by atoms with Crippen molar-refractivity contribution in [2.24, 2.45) is 0 Å². The molecule has 3 rings (SSSR count). The first kappa shape index (κ1) is 22.4. The molecule has 0 saturated carbocycles. The maximum atomic E-state index is 13.3. The number of anilines is 1. The molecule has 10 heteroatoms. The van der Waals surface area contributed by atoms with Gasteiger partial charge in [-0.3, -0.25) is 4.79 Å². The van der Waals surface area contributed by atoms with E-state index in [1.165, 1.54) is 4.90 Å². The van der Waals surface area contributed by atoms with Crippen LogP contribution in [-0.4, -0.2) is 39.4 Å². The molecule has 0 spiro atoms. The Kier molecular flexibility index (Phi) is 5.81. The van der Waals surface area contributed by atoms with Gasteiger partial charge in [-0.2, -0.15) is 13.2 Å². The molecular weight excluding hydrogens is 443 g/mol. The number of aryl methyl sites for hydroxylation is 1. The van der Waals surface area contributed by atoms with E-state index in [1.807, 2.05) is 13.0 Å². The second-order valence-electron chi connectivity index (χ2n) is 7.17. The van der Waals surface area contributed by atoms with Crippen LogP contribution in [0.3, 0.4) is 0 Å². The molecule has 5 nitrogen and oxygen atoms in total. The molecule has 0 aliphatic carbocycles. The van der Waals surface area contributed by atoms with Crippen LogP contribution in [0.1, 0.15) is 28.4 Å². The molecule has 0 aromatic heterocycles. The summed E-state index contributed by atoms with van der Waals surface area (Å²) in [5.41, 5.74) is 1.98. The second kappa shape index (κ2) is 7.77. The van der Waals surface area contributed by atoms with Gasteiger partial charge in [-0.05, 0) is 55.7 Å². The third-order valence-corrected chi connectivity index (χ3v) is 6.39. The van der Waals surface area contributed by atoms with Crippen molar-refractivity contribution in [1.29, 1.82) is 0 Å². The highest BCUT2D eigenvalue weighted by atomic mass is 35.5. The highest BCUT2D eigenvalue weighted by Gasteiger charge is 2.39. The van der Waals surface area contributed by atoms with Gasteiger partial charge in [-0.1, -0.05) is 17.7 Å². The fourth-order valence-corrected chi connectivity index (χ4v) is 3.96. The first-order chi connectivity index (χ1) is 13.8. The Hall–Kier alpha value is -2.26. The molecule has 1 amide bonds. The van der Waals surface area contributed by atoms with E-state index < -0.39 is 28.0 Å². The number of amides is 1. The number of carbonyl (C=O) groups excluding carboxylic acids is 1. The largest absolute Gasteiger partial charge is 0.480 e. The number of benzene rings is 2. The summed E-state index contributed by atoms with van der Waals surface area (Å²) >= 11 is 6.18. The van der Waals surface area contributed by atoms with Crippen molar-refractivity contribution in [2.75, 3.05) is 17.7 Å². The van der Waals surface area contributed by atoms with E-state index in [0.29, 0.717) is 17.1 Å². The van der Waals surface area contributed by atoms with Gasteiger partial charge >= 0.3 is 6.18 Å². The van der Waals surface area contributed by atoms with Crippen molar-refractivity contribution in [3.8, 4) is 5.75 Å². The lowest BCUT2D eigenvalue weighted by Crippen LogP contribution is -2.33. The zero-order chi connectivity index (χ0) is 22.4. The van der Waals surface area contributed by atoms with Crippen molar-refractivity contribution >= 4 is 33.0 Å². The van der Waals surface area contributed by atoms with Crippen molar-refractivity contribution < 1.29 is 31.1 Å². The zero-order valence-corrected chi connectivity index (χ0v) is 18.0. The lowest BCUT2D eigenvalue weighted by molar-refractivity contribution is -0.189. The topological polar surface area (TPSA) is 63.7 Å². The summed E-state index contributed by atoms with van der Waals surface area (Å²) in [4.78, 5) is 14.4. The van der Waals surface area contributed by atoms with E-state index >= 15 is 0 Å². The standard InChI is InChI=1S/C20H19ClF3NO4S/c1-11-8-13-6-7-25(17(13)10-16(11)21)19(26)15-9-14(30(3,27)28)4-5-18(15)29-12(2)20(22,23)24/h4-5,8-10,12H,6-7H2,1-3H3/t12-/m0/s1. The van der Waals surface area contributed by atoms with Crippen molar-refractivity contribution in [3.63, 3.8) is 0 Å². The Morgan fingerprint density at radius 2 is 1.90 bits per heavy atom. The summed E-state index contributed by atoms with van der Waals surface area (Å²) in [6.45, 7) is 2.92. The SMILES string of the molecule is Cc1cc2c(cc1Cl)N(C(=O)c1cc(S(C)(=O)=O)ccc1O[C@@H](C)C(F)(F)F)CC2. The predicted molar refractivity (Wildman–Crippen MR) is 107 cm³/mol. The number of alkyl halides is 3. The summed E-state index contributed by atoms with van der Waals surface area (Å²) in [6, 6.07) is 6.70. The Morgan fingerprint density at radius 3 is 2.50 bits per heavy atom. The first-order valence-electron chi connectivity index (χ1n) is 8.97. The summed E-state index contributed by atoms with van der Waals surface area (Å²) in [7, 11) is -3.70. The summed E-state index contributed by atoms with van der Waals surface area (Å²) in [6.07, 6.45) is -5.35. The predicted octanol–water partition coefficient (Wildman–Crippen LogP) is 4.58. The van der Waals surface area contributed by atoms with E-state index in [0.717, 1.165) is 42.5 Å². The molecule has 0 bridgehead atoms. The molecule has 1 aliphatic heterocycles. The summed E-state index contributed by atoms with van der Waals surface area (Å²) in [5.74, 6) is -1.01. The number of sulfone groups is 1. The fourth-order valence-electron chi connectivity index (χ4n) is 3.16. The molecule has 30 heavy (non-hydrogen) atoms. The van der Waals surface area contributed by atoms with Crippen LogP contribution in [-0.2, 0) is 16.3 Å². The second-order valence-corrected chi connectivity index (χ2v) is 9.59. The van der Waals surface area contributed by atoms with Gasteiger partial charge in [0.15, 0.2) is 15.9 Å². The van der Waals surface area contributed by atoms with E-state index in [-0.39, 0.29) is 22.8 Å². The van der Waals surface area contributed by atoms with E-state index in [4.69, 9.17) is 16.3 Å². The number of carbonyl (C=O) groups is 1. The summed E-state index contributed by atoms with van der Waals surface area (Å²) in [5, 5.41) is 0.445. The molecule has 2 aromatic rings. The molecule has 162 valence electrons. The monoisotopic (exact) mass is 461 g/mol. The van der Waals surface area contributed by atoms with Crippen LogP contribution in [0.15, 0.2) is 35.2 Å². The first-order valence-corrected chi connectivity index (χ1v) is 11.2. The Morgan fingerprint density at radius 1 is 1.23 bits per heavy atom. The fraction of sp³-hybridized carbons (Fsp3) is 0.350. The third-order valence-electron chi connectivity index (χ3n) is 4.87. The number of halogens is 4. The van der Waals surface area contributed by atoms with Crippen LogP contribution in [0.5, 0.6) is 5.75 Å². The molecule has 1 heterocycles. The average Bonchev–Trinajstić information content (AvgIpc) is 3.02. The zero-order valence-electron chi connectivity index (χ0n) is 16.4. The van der Waals surface area contributed by atoms with Gasteiger partial charge in [0.2, 0.25) is 0 Å². The van der Waals surface area contributed by atoms with E-state index in [2.05, 4.69) is 0 Å². The highest BCUT2D eigenvalue weighted by Crippen LogP contribution is 2.36. The molecule has 1 atom stereocenters. The van der Waals surface area contributed by atoms with Gasteiger partial charge in [0.05, 0.1) is 10.5 Å². The molecule has 0 fully saturated rings. The Bertz CT molecular complexity index is 1120. The quantitative estimate of drug-likeness (QED) is 0.668. The van der Waals surface area contributed by atoms with Crippen LogP contribution in [0.4, 0.5) is 18.9 Å². The van der Waals surface area contributed by atoms with Crippen molar-refractivity contribution in [2.45, 2.75) is 37.4 Å². The van der Waals surface area contributed by atoms with Gasteiger partial charge in [0.25, 0.3) is 5.91 Å². The van der Waals surface area contributed by atoms with Gasteiger partial charge in [0.1, 0.15) is 5.75 Å². The lowest BCUT2D eigenvalue weighted by Gasteiger charge is -2.23. The highest BCUT2D eigenvalue weighted by molar-refractivity contribution is 7.90. The van der Waals surface area contributed by atoms with Gasteiger partial charge in [0, 0.05) is 23.5 Å². The van der Waals surface area contributed by atoms with Crippen LogP contribution in [0, 0.1) is 6.92 Å². The number of hydrogen-bond acceptors (Lipinski definition) is 4. The lowest BCUT2D eigenvalue weighted by atomic mass is 10.1. The minimum Gasteiger partial charge on any atom is -0.480 e. The number of nitrogens with zero attached hydrogens (tertiary/aromatic N) is 1. The van der Waals surface area contributed by atoms with Crippen LogP contribution in [0.25, 0.3) is 0 Å². The smallest absolute Gasteiger partial charge is 0.425 e. The minimum atomic E-state index is -4.65. The van der Waals surface area contributed by atoms with Gasteiger partial charge in [-0.25, -0.2) is 8.42 Å².